The average molecular weight is 373 g/mol. The van der Waals surface area contributed by atoms with Crippen molar-refractivity contribution in [3.05, 3.63) is 47.0 Å². The lowest BCUT2D eigenvalue weighted by atomic mass is 10.2. The molecule has 0 aromatic heterocycles. The van der Waals surface area contributed by atoms with Crippen LogP contribution in [-0.4, -0.2) is 18.8 Å². The van der Waals surface area contributed by atoms with Crippen LogP contribution in [0.5, 0.6) is 11.5 Å². The molecule has 0 heterocycles. The molecule has 8 heteroatoms. The van der Waals surface area contributed by atoms with E-state index in [0.717, 1.165) is 5.56 Å². The van der Waals surface area contributed by atoms with Crippen LogP contribution in [0.4, 0.5) is 20.2 Å². The molecule has 4 nitrogen and oxygen atoms in total. The van der Waals surface area contributed by atoms with Crippen molar-refractivity contribution in [3.8, 4) is 11.5 Å². The van der Waals surface area contributed by atoms with Crippen LogP contribution < -0.4 is 20.1 Å². The van der Waals surface area contributed by atoms with E-state index in [0.29, 0.717) is 22.1 Å². The number of hydrogen-bond acceptors (Lipinski definition) is 3. The van der Waals surface area contributed by atoms with Gasteiger partial charge in [-0.05, 0) is 55.0 Å². The van der Waals surface area contributed by atoms with Gasteiger partial charge in [0.2, 0.25) is 0 Å². The highest BCUT2D eigenvalue weighted by Crippen LogP contribution is 2.30. The van der Waals surface area contributed by atoms with Crippen LogP contribution in [0, 0.1) is 6.92 Å². The molecule has 0 aliphatic carbocycles. The van der Waals surface area contributed by atoms with Crippen LogP contribution in [0.1, 0.15) is 5.56 Å². The average Bonchev–Trinajstić information content (AvgIpc) is 2.49. The molecule has 0 saturated carbocycles. The van der Waals surface area contributed by atoms with Gasteiger partial charge in [0.15, 0.2) is 5.11 Å². The Labute approximate surface area is 148 Å². The summed E-state index contributed by atoms with van der Waals surface area (Å²) < 4.78 is 34.8. The number of nitrogens with one attached hydrogen (secondary N) is 2. The van der Waals surface area contributed by atoms with E-state index in [1.165, 1.54) is 13.2 Å². The number of ether oxygens (including phenoxy) is 2. The Hall–Kier alpha value is -2.12. The summed E-state index contributed by atoms with van der Waals surface area (Å²) in [5.41, 5.74) is 1.65. The first kappa shape index (κ1) is 18.2. The SMILES string of the molecule is COc1ccc(Cl)cc1NC(=S)Nc1ccc(C)cc1OC(F)F. The number of aryl methyl sites for hydroxylation is 1. The number of methoxy groups -OCH3 is 1. The number of halogens is 3. The van der Waals surface area contributed by atoms with Crippen molar-refractivity contribution in [2.45, 2.75) is 13.5 Å². The van der Waals surface area contributed by atoms with Gasteiger partial charge in [0.25, 0.3) is 0 Å². The number of benzene rings is 2. The minimum atomic E-state index is -2.93. The van der Waals surface area contributed by atoms with E-state index in [2.05, 4.69) is 15.4 Å². The first-order valence-electron chi connectivity index (χ1n) is 6.86. The molecule has 0 spiro atoms. The van der Waals surface area contributed by atoms with Gasteiger partial charge in [0.1, 0.15) is 11.5 Å². The molecule has 2 aromatic rings. The zero-order valence-electron chi connectivity index (χ0n) is 12.9. The quantitative estimate of drug-likeness (QED) is 0.717. The monoisotopic (exact) mass is 372 g/mol. The molecule has 2 rings (SSSR count). The lowest BCUT2D eigenvalue weighted by Crippen LogP contribution is -2.20. The van der Waals surface area contributed by atoms with Gasteiger partial charge in [-0.15, -0.1) is 0 Å². The van der Waals surface area contributed by atoms with Crippen LogP contribution in [0.2, 0.25) is 5.02 Å². The third kappa shape index (κ3) is 4.94. The lowest BCUT2D eigenvalue weighted by Gasteiger charge is -2.16. The Morgan fingerprint density at radius 3 is 2.46 bits per heavy atom. The number of alkyl halides is 2. The fourth-order valence-electron chi connectivity index (χ4n) is 1.98. The highest BCUT2D eigenvalue weighted by atomic mass is 35.5. The molecule has 0 amide bonds. The first-order valence-corrected chi connectivity index (χ1v) is 7.64. The van der Waals surface area contributed by atoms with Crippen molar-refractivity contribution in [1.29, 1.82) is 0 Å². The van der Waals surface area contributed by atoms with E-state index in [1.807, 2.05) is 0 Å². The molecule has 0 bridgehead atoms. The molecular weight excluding hydrogens is 358 g/mol. The second kappa shape index (κ2) is 8.12. The molecule has 0 unspecified atom stereocenters. The van der Waals surface area contributed by atoms with Crippen LogP contribution in [0.25, 0.3) is 0 Å². The summed E-state index contributed by atoms with van der Waals surface area (Å²) >= 11 is 11.2. The molecule has 0 aliphatic rings. The third-order valence-corrected chi connectivity index (χ3v) is 3.45. The molecular formula is C16H15ClF2N2O2S. The van der Waals surface area contributed by atoms with E-state index >= 15 is 0 Å². The summed E-state index contributed by atoms with van der Waals surface area (Å²) in [7, 11) is 1.51. The number of rotatable bonds is 5. The molecule has 2 aromatic carbocycles. The van der Waals surface area contributed by atoms with E-state index in [1.54, 1.807) is 37.3 Å². The maximum absolute atomic E-state index is 12.5. The fourth-order valence-corrected chi connectivity index (χ4v) is 2.37. The van der Waals surface area contributed by atoms with Crippen molar-refractivity contribution in [2.75, 3.05) is 17.7 Å². The molecule has 0 radical (unpaired) electrons. The van der Waals surface area contributed by atoms with E-state index < -0.39 is 6.61 Å². The molecule has 128 valence electrons. The smallest absolute Gasteiger partial charge is 0.387 e. The largest absolute Gasteiger partial charge is 0.495 e. The standard InChI is InChI=1S/C16H15ClF2N2O2S/c1-9-3-5-11(14(7-9)23-15(18)19)20-16(24)21-12-8-10(17)4-6-13(12)22-2/h3-8,15H,1-2H3,(H2,20,21,24). The molecule has 0 aliphatic heterocycles. The molecule has 0 atom stereocenters. The van der Waals surface area contributed by atoms with Crippen LogP contribution in [0.3, 0.4) is 0 Å². The maximum Gasteiger partial charge on any atom is 0.387 e. The lowest BCUT2D eigenvalue weighted by molar-refractivity contribution is -0.0493. The molecule has 0 fully saturated rings. The van der Waals surface area contributed by atoms with Crippen LogP contribution in [-0.2, 0) is 0 Å². The minimum absolute atomic E-state index is 0.00668. The Kier molecular flexibility index (Phi) is 6.16. The van der Waals surface area contributed by atoms with Crippen molar-refractivity contribution >= 4 is 40.3 Å². The van der Waals surface area contributed by atoms with Crippen molar-refractivity contribution < 1.29 is 18.3 Å². The van der Waals surface area contributed by atoms with Gasteiger partial charge < -0.3 is 20.1 Å². The zero-order chi connectivity index (χ0) is 17.7. The molecule has 0 saturated heterocycles. The summed E-state index contributed by atoms with van der Waals surface area (Å²) in [5.74, 6) is 0.545. The number of hydrogen-bond donors (Lipinski definition) is 2. The Bertz CT molecular complexity index is 744. The van der Waals surface area contributed by atoms with Crippen molar-refractivity contribution in [1.82, 2.24) is 0 Å². The molecule has 24 heavy (non-hydrogen) atoms. The highest BCUT2D eigenvalue weighted by molar-refractivity contribution is 7.80. The second-order valence-corrected chi connectivity index (χ2v) is 5.65. The van der Waals surface area contributed by atoms with E-state index in [-0.39, 0.29) is 10.9 Å². The van der Waals surface area contributed by atoms with E-state index in [4.69, 9.17) is 28.6 Å². The second-order valence-electron chi connectivity index (χ2n) is 4.80. The highest BCUT2D eigenvalue weighted by Gasteiger charge is 2.12. The topological polar surface area (TPSA) is 42.5 Å². The van der Waals surface area contributed by atoms with Gasteiger partial charge in [0.05, 0.1) is 18.5 Å². The predicted molar refractivity (Wildman–Crippen MR) is 95.7 cm³/mol. The van der Waals surface area contributed by atoms with Crippen LogP contribution >= 0.6 is 23.8 Å². The van der Waals surface area contributed by atoms with Crippen molar-refractivity contribution in [3.63, 3.8) is 0 Å². The minimum Gasteiger partial charge on any atom is -0.495 e. The summed E-state index contributed by atoms with van der Waals surface area (Å²) in [5, 5.41) is 6.42. The third-order valence-electron chi connectivity index (χ3n) is 3.01. The maximum atomic E-state index is 12.5. The summed E-state index contributed by atoms with van der Waals surface area (Å²) in [6.07, 6.45) is 0. The normalized spacial score (nSPS) is 10.4. The Morgan fingerprint density at radius 1 is 1.08 bits per heavy atom. The predicted octanol–water partition coefficient (Wildman–Crippen LogP) is 5.07. The van der Waals surface area contributed by atoms with Gasteiger partial charge >= 0.3 is 6.61 Å². The zero-order valence-corrected chi connectivity index (χ0v) is 14.5. The fraction of sp³-hybridized carbons (Fsp3) is 0.188. The summed E-state index contributed by atoms with van der Waals surface area (Å²) in [4.78, 5) is 0. The van der Waals surface area contributed by atoms with Gasteiger partial charge in [-0.2, -0.15) is 8.78 Å². The van der Waals surface area contributed by atoms with Crippen LogP contribution in [0.15, 0.2) is 36.4 Å². The van der Waals surface area contributed by atoms with Gasteiger partial charge in [0, 0.05) is 5.02 Å². The first-order chi connectivity index (χ1) is 11.4. The van der Waals surface area contributed by atoms with Gasteiger partial charge in [-0.25, -0.2) is 0 Å². The van der Waals surface area contributed by atoms with Gasteiger partial charge in [-0.3, -0.25) is 0 Å². The van der Waals surface area contributed by atoms with Crippen molar-refractivity contribution in [2.24, 2.45) is 0 Å². The van der Waals surface area contributed by atoms with Gasteiger partial charge in [-0.1, -0.05) is 17.7 Å². The number of anilines is 2. The Morgan fingerprint density at radius 2 is 1.79 bits per heavy atom. The Balaban J connectivity index is 2.17. The molecule has 2 N–H and O–H groups in total. The summed E-state index contributed by atoms with van der Waals surface area (Å²) in [6, 6.07) is 9.86. The number of thiocarbonyl (C=S) groups is 1. The van der Waals surface area contributed by atoms with E-state index in [9.17, 15) is 8.78 Å². The summed E-state index contributed by atoms with van der Waals surface area (Å²) in [6.45, 7) is -1.16.